The molecule has 7 heteroatoms. The van der Waals surface area contributed by atoms with Gasteiger partial charge in [-0.2, -0.15) is 0 Å². The number of carbonyl (C=O) groups is 2. The molecule has 2 N–H and O–H groups in total. The summed E-state index contributed by atoms with van der Waals surface area (Å²) in [5, 5.41) is 5.48. The molecule has 0 aliphatic carbocycles. The van der Waals surface area contributed by atoms with Gasteiger partial charge in [-0.1, -0.05) is 0 Å². The maximum absolute atomic E-state index is 12.4. The second-order valence-corrected chi connectivity index (χ2v) is 6.21. The zero-order valence-electron chi connectivity index (χ0n) is 12.3. The molecule has 0 radical (unpaired) electrons. The van der Waals surface area contributed by atoms with Crippen LogP contribution in [0.3, 0.4) is 0 Å². The average molecular weight is 338 g/mol. The van der Waals surface area contributed by atoms with Crippen LogP contribution >= 0.6 is 0 Å². The first kappa shape index (κ1) is 15.1. The van der Waals surface area contributed by atoms with Crippen LogP contribution in [0.25, 0.3) is 0 Å². The summed E-state index contributed by atoms with van der Waals surface area (Å²) in [4.78, 5) is 25.4. The molecule has 6 nitrogen and oxygen atoms in total. The summed E-state index contributed by atoms with van der Waals surface area (Å²) >= 11 is 2.34. The SMILES string of the molecule is COc1ccc2c(c1)CN(C(=O)CCC1NC(=O)N[C]1=[V])C2. The van der Waals surface area contributed by atoms with Crippen molar-refractivity contribution in [2.24, 2.45) is 0 Å². The van der Waals surface area contributed by atoms with E-state index in [1.807, 2.05) is 23.1 Å². The molecule has 3 rings (SSSR count). The molecule has 0 bridgehead atoms. The number of urea groups is 1. The molecule has 1 aromatic rings. The van der Waals surface area contributed by atoms with Crippen molar-refractivity contribution in [3.63, 3.8) is 0 Å². The van der Waals surface area contributed by atoms with Crippen molar-refractivity contribution >= 4 is 16.3 Å². The number of carbonyl (C=O) groups excluding carboxylic acids is 2. The van der Waals surface area contributed by atoms with Gasteiger partial charge in [-0.05, 0) is 0 Å². The second kappa shape index (κ2) is 6.14. The first-order valence-electron chi connectivity index (χ1n) is 7.13. The van der Waals surface area contributed by atoms with Gasteiger partial charge in [-0.15, -0.1) is 0 Å². The van der Waals surface area contributed by atoms with Crippen molar-refractivity contribution < 1.29 is 31.3 Å². The standard InChI is InChI=1S/C15H17N3O3.V/c1-21-13-4-2-10-8-18(9-11(10)6-13)14(19)5-3-12-7-16-15(20)17-12;/h2,4,6,12H,3,5,8-9H2,1H3,(H2,16,17,20);. The van der Waals surface area contributed by atoms with Crippen molar-refractivity contribution in [2.75, 3.05) is 7.11 Å². The number of fused-ring (bicyclic) bond motifs is 1. The number of hydrogen-bond donors (Lipinski definition) is 2. The van der Waals surface area contributed by atoms with Crippen LogP contribution in [0.5, 0.6) is 5.75 Å². The Morgan fingerprint density at radius 3 is 2.86 bits per heavy atom. The topological polar surface area (TPSA) is 70.7 Å². The Labute approximate surface area is 137 Å². The quantitative estimate of drug-likeness (QED) is 0.848. The summed E-state index contributed by atoms with van der Waals surface area (Å²) in [5.41, 5.74) is 2.31. The van der Waals surface area contributed by atoms with E-state index in [0.29, 0.717) is 25.9 Å². The Kier molecular flexibility index (Phi) is 4.22. The number of methoxy groups -OCH3 is 1. The molecule has 1 fully saturated rings. The third-order valence-electron chi connectivity index (χ3n) is 4.01. The van der Waals surface area contributed by atoms with E-state index < -0.39 is 0 Å². The first-order chi connectivity index (χ1) is 10.6. The van der Waals surface area contributed by atoms with E-state index in [-0.39, 0.29) is 18.0 Å². The van der Waals surface area contributed by atoms with Gasteiger partial charge in [0, 0.05) is 0 Å². The molecule has 2 heterocycles. The number of nitrogens with zero attached hydrogens (tertiary/aromatic N) is 1. The number of rotatable bonds is 4. The van der Waals surface area contributed by atoms with Crippen molar-refractivity contribution in [1.29, 1.82) is 0 Å². The summed E-state index contributed by atoms with van der Waals surface area (Å²) in [6, 6.07) is 5.63. The number of benzene rings is 1. The Morgan fingerprint density at radius 1 is 1.41 bits per heavy atom. The van der Waals surface area contributed by atoms with E-state index in [4.69, 9.17) is 4.74 Å². The van der Waals surface area contributed by atoms with Crippen molar-refractivity contribution in [3.05, 3.63) is 29.3 Å². The monoisotopic (exact) mass is 338 g/mol. The van der Waals surface area contributed by atoms with Crippen LogP contribution < -0.4 is 15.4 Å². The zero-order chi connectivity index (χ0) is 15.7. The van der Waals surface area contributed by atoms with Crippen LogP contribution in [-0.2, 0) is 34.9 Å². The molecule has 2 aliphatic rings. The molecule has 0 saturated carbocycles. The predicted molar refractivity (Wildman–Crippen MR) is 76.9 cm³/mol. The van der Waals surface area contributed by atoms with Gasteiger partial charge in [0.1, 0.15) is 0 Å². The number of nitrogens with one attached hydrogen (secondary N) is 2. The van der Waals surface area contributed by atoms with E-state index in [9.17, 15) is 9.59 Å². The van der Waals surface area contributed by atoms with E-state index in [1.165, 1.54) is 5.56 Å². The van der Waals surface area contributed by atoms with Gasteiger partial charge in [-0.25, -0.2) is 0 Å². The maximum atomic E-state index is 12.4. The van der Waals surface area contributed by atoms with Crippen LogP contribution in [0, 0.1) is 0 Å². The number of amides is 3. The minimum atomic E-state index is -0.200. The Morgan fingerprint density at radius 2 is 2.18 bits per heavy atom. The molecule has 0 spiro atoms. The van der Waals surface area contributed by atoms with Gasteiger partial charge in [0.25, 0.3) is 0 Å². The molecule has 1 atom stereocenters. The molecule has 1 unspecified atom stereocenters. The zero-order valence-corrected chi connectivity index (χ0v) is 13.7. The Hall–Kier alpha value is -1.79. The van der Waals surface area contributed by atoms with Crippen molar-refractivity contribution in [2.45, 2.75) is 32.0 Å². The van der Waals surface area contributed by atoms with E-state index >= 15 is 0 Å². The van der Waals surface area contributed by atoms with Crippen LogP contribution in [-0.4, -0.2) is 34.3 Å². The van der Waals surface area contributed by atoms with E-state index in [1.54, 1.807) is 7.11 Å². The van der Waals surface area contributed by atoms with Gasteiger partial charge < -0.3 is 0 Å². The van der Waals surface area contributed by atoms with Crippen LogP contribution in [0.1, 0.15) is 24.0 Å². The minimum absolute atomic E-state index is 0.0819. The summed E-state index contributed by atoms with van der Waals surface area (Å²) in [5.74, 6) is 0.924. The normalized spacial score (nSPS) is 19.6. The van der Waals surface area contributed by atoms with E-state index in [2.05, 4.69) is 27.6 Å². The molecule has 3 amide bonds. The summed E-state index contributed by atoms with van der Waals surface area (Å²) in [7, 11) is 1.64. The molecule has 1 aromatic carbocycles. The number of hydrogen-bond acceptors (Lipinski definition) is 3. The van der Waals surface area contributed by atoms with Gasteiger partial charge in [0.2, 0.25) is 0 Å². The Bertz CT molecular complexity index is 647. The third kappa shape index (κ3) is 3.03. The van der Waals surface area contributed by atoms with Gasteiger partial charge in [0.15, 0.2) is 0 Å². The van der Waals surface area contributed by atoms with Gasteiger partial charge in [0.05, 0.1) is 0 Å². The van der Waals surface area contributed by atoms with Crippen molar-refractivity contribution in [3.8, 4) is 5.75 Å². The van der Waals surface area contributed by atoms with Crippen LogP contribution in [0.4, 0.5) is 4.79 Å². The molecular formula is C15H17N3O3V. The fraction of sp³-hybridized carbons (Fsp3) is 0.400. The summed E-state index contributed by atoms with van der Waals surface area (Å²) < 4.78 is 6.04. The predicted octanol–water partition coefficient (Wildman–Crippen LogP) is 0.676. The fourth-order valence-electron chi connectivity index (χ4n) is 2.78. The third-order valence-corrected chi connectivity index (χ3v) is 4.67. The molecular weight excluding hydrogens is 321 g/mol. The van der Waals surface area contributed by atoms with Gasteiger partial charge >= 0.3 is 137 Å². The van der Waals surface area contributed by atoms with Crippen LogP contribution in [0.15, 0.2) is 18.2 Å². The van der Waals surface area contributed by atoms with E-state index in [0.717, 1.165) is 15.7 Å². The Balaban J connectivity index is 1.56. The molecule has 22 heavy (non-hydrogen) atoms. The molecule has 1 saturated heterocycles. The van der Waals surface area contributed by atoms with Crippen LogP contribution in [0.2, 0.25) is 0 Å². The molecule has 115 valence electrons. The van der Waals surface area contributed by atoms with Gasteiger partial charge in [-0.3, -0.25) is 0 Å². The summed E-state index contributed by atoms with van der Waals surface area (Å²) in [6.45, 7) is 1.27. The number of ether oxygens (including phenoxy) is 1. The molecule has 0 aromatic heterocycles. The fourth-order valence-corrected chi connectivity index (χ4v) is 3.24. The second-order valence-electron chi connectivity index (χ2n) is 5.46. The molecule has 2 aliphatic heterocycles. The summed E-state index contributed by atoms with van der Waals surface area (Å²) in [6.07, 6.45) is 1.02. The first-order valence-corrected chi connectivity index (χ1v) is 7.83. The van der Waals surface area contributed by atoms with Crippen molar-refractivity contribution in [1.82, 2.24) is 15.5 Å². The average Bonchev–Trinajstić information content (AvgIpc) is 3.06.